The Hall–Kier alpha value is -2.66. The number of nitrogens with zero attached hydrogens (tertiary/aromatic N) is 3. The first-order valence-electron chi connectivity index (χ1n) is 6.88. The minimum atomic E-state index is -3.66. The van der Waals surface area contributed by atoms with Crippen LogP contribution >= 0.6 is 0 Å². The Morgan fingerprint density at radius 3 is 2.67 bits per heavy atom. The van der Waals surface area contributed by atoms with Gasteiger partial charge in [-0.1, -0.05) is 30.0 Å². The average molecular weight is 340 g/mol. The number of aromatic nitrogens is 2. The largest absolute Gasteiger partial charge is 0.372 e. The molecule has 0 aliphatic rings. The maximum atomic E-state index is 12.7. The molecular weight excluding hydrogens is 326 g/mol. The molecule has 0 saturated carbocycles. The predicted octanol–water partition coefficient (Wildman–Crippen LogP) is 1.79. The molecule has 3 rings (SSSR count). The topological polar surface area (TPSA) is 91.7 Å². The number of hydrogen-bond donors (Lipinski definition) is 0. The summed E-state index contributed by atoms with van der Waals surface area (Å²) in [5.41, 5.74) is 1.09. The molecule has 0 atom stereocenters. The average Bonchev–Trinajstić information content (AvgIpc) is 3.00. The van der Waals surface area contributed by atoms with E-state index < -0.39 is 10.0 Å². The highest BCUT2D eigenvalue weighted by molar-refractivity contribution is 7.90. The summed E-state index contributed by atoms with van der Waals surface area (Å²) in [4.78, 5) is 4.48. The fourth-order valence-electron chi connectivity index (χ4n) is 2.18. The zero-order chi connectivity index (χ0) is 16.3. The molecule has 0 fully saturated rings. The fourth-order valence-corrected chi connectivity index (χ4v) is 3.51. The molecule has 121 valence electrons. The Kier molecular flexibility index (Phi) is 5.36. The molecule has 0 bridgehead atoms. The Labute approximate surface area is 140 Å². The molecule has 6 nitrogen and oxygen atoms in total. The van der Waals surface area contributed by atoms with Crippen LogP contribution < -0.4 is 6.15 Å². The molecule has 0 N–H and O–H groups in total. The second-order valence-electron chi connectivity index (χ2n) is 4.80. The molecule has 2 aromatic heterocycles. The van der Waals surface area contributed by atoms with Gasteiger partial charge in [-0.3, -0.25) is 0 Å². The smallest absolute Gasteiger partial charge is 0.269 e. The molecule has 3 aromatic rings. The summed E-state index contributed by atoms with van der Waals surface area (Å²) >= 11 is 0. The summed E-state index contributed by atoms with van der Waals surface area (Å²) in [6.07, 6.45) is 3.06. The van der Waals surface area contributed by atoms with Crippen LogP contribution in [0.5, 0.6) is 0 Å². The Balaban J connectivity index is 0.00000208. The van der Waals surface area contributed by atoms with Crippen LogP contribution in [0.2, 0.25) is 0 Å². The van der Waals surface area contributed by atoms with Crippen LogP contribution in [0.25, 0.3) is 11.0 Å². The molecule has 0 aliphatic heterocycles. The molecular formula is C17H14N3O3S. The number of ether oxygens (including phenoxy) is 1. The highest BCUT2D eigenvalue weighted by Gasteiger charge is 2.19. The van der Waals surface area contributed by atoms with Gasteiger partial charge in [-0.05, 0) is 24.3 Å². The van der Waals surface area contributed by atoms with Gasteiger partial charge in [-0.25, -0.2) is 17.4 Å². The lowest BCUT2D eigenvalue weighted by Crippen LogP contribution is -2.12. The number of fused-ring (bicyclic) bond motifs is 1. The molecule has 24 heavy (non-hydrogen) atoms. The molecule has 0 unspecified atom stereocenters. The summed E-state index contributed by atoms with van der Waals surface area (Å²) in [5, 5.41) is 0.716. The normalized spacial score (nSPS) is 10.7. The third kappa shape index (κ3) is 3.31. The van der Waals surface area contributed by atoms with Gasteiger partial charge in [0.15, 0.2) is 5.65 Å². The molecule has 3 radical (unpaired) electrons. The van der Waals surface area contributed by atoms with Crippen molar-refractivity contribution < 1.29 is 13.2 Å². The third-order valence-corrected chi connectivity index (χ3v) is 4.92. The number of benzene rings is 1. The van der Waals surface area contributed by atoms with E-state index in [1.165, 1.54) is 10.2 Å². The van der Waals surface area contributed by atoms with Gasteiger partial charge in [-0.15, -0.1) is 0 Å². The molecule has 0 aliphatic carbocycles. The van der Waals surface area contributed by atoms with E-state index in [9.17, 15) is 8.42 Å². The van der Waals surface area contributed by atoms with Crippen molar-refractivity contribution in [3.63, 3.8) is 0 Å². The Morgan fingerprint density at radius 1 is 1.21 bits per heavy atom. The molecule has 0 saturated heterocycles. The van der Waals surface area contributed by atoms with Crippen molar-refractivity contribution in [2.75, 3.05) is 13.7 Å². The van der Waals surface area contributed by atoms with Gasteiger partial charge in [0, 0.05) is 36.6 Å². The number of methoxy groups -OCH3 is 1. The predicted molar refractivity (Wildman–Crippen MR) is 89.6 cm³/mol. The van der Waals surface area contributed by atoms with E-state index in [0.717, 1.165) is 0 Å². The van der Waals surface area contributed by atoms with Crippen molar-refractivity contribution in [3.05, 3.63) is 60.4 Å². The standard InChI is InChI=1S/C17H14N2O3S.N/c1-22-11-5-6-14-12-15-9-10-19(17(15)18-13-14)23(20,21)16-7-3-2-4-8-16;/h2-4,7-10,12-13H,11H2,1H3;. The van der Waals surface area contributed by atoms with Crippen LogP contribution in [0.15, 0.2) is 59.8 Å². The van der Waals surface area contributed by atoms with Crippen molar-refractivity contribution >= 4 is 21.1 Å². The van der Waals surface area contributed by atoms with E-state index in [4.69, 9.17) is 4.74 Å². The minimum Gasteiger partial charge on any atom is -0.372 e. The van der Waals surface area contributed by atoms with Crippen LogP contribution in [0, 0.1) is 11.8 Å². The lowest BCUT2D eigenvalue weighted by Gasteiger charge is -2.06. The zero-order valence-electron chi connectivity index (χ0n) is 12.9. The molecule has 0 amide bonds. The van der Waals surface area contributed by atoms with Crippen molar-refractivity contribution in [1.82, 2.24) is 15.1 Å². The first-order chi connectivity index (χ1) is 11.1. The van der Waals surface area contributed by atoms with Gasteiger partial charge in [0.25, 0.3) is 10.0 Å². The van der Waals surface area contributed by atoms with Crippen LogP contribution in [-0.2, 0) is 14.8 Å². The quantitative estimate of drug-likeness (QED) is 0.680. The lowest BCUT2D eigenvalue weighted by atomic mass is 10.2. The highest BCUT2D eigenvalue weighted by Crippen LogP contribution is 2.21. The van der Waals surface area contributed by atoms with E-state index in [1.54, 1.807) is 49.7 Å². The number of hydrogen-bond acceptors (Lipinski definition) is 4. The SMILES string of the molecule is COCC#Cc1cnc2c(ccn2S(=O)(=O)c2ccccc2)c1.[N]. The summed E-state index contributed by atoms with van der Waals surface area (Å²) in [5.74, 6) is 5.76. The number of rotatable bonds is 3. The van der Waals surface area contributed by atoms with Gasteiger partial charge in [-0.2, -0.15) is 0 Å². The third-order valence-electron chi connectivity index (χ3n) is 3.24. The van der Waals surface area contributed by atoms with E-state index >= 15 is 0 Å². The van der Waals surface area contributed by atoms with Crippen LogP contribution in [0.3, 0.4) is 0 Å². The van der Waals surface area contributed by atoms with Gasteiger partial charge in [0.1, 0.15) is 6.61 Å². The van der Waals surface area contributed by atoms with Crippen LogP contribution in [-0.4, -0.2) is 31.1 Å². The fraction of sp³-hybridized carbons (Fsp3) is 0.118. The van der Waals surface area contributed by atoms with Crippen LogP contribution in [0.1, 0.15) is 5.56 Å². The van der Waals surface area contributed by atoms with Gasteiger partial charge < -0.3 is 4.74 Å². The van der Waals surface area contributed by atoms with E-state index in [1.807, 2.05) is 6.07 Å². The summed E-state index contributed by atoms with van der Waals surface area (Å²) < 4.78 is 31.4. The second-order valence-corrected chi connectivity index (χ2v) is 6.62. The Morgan fingerprint density at radius 2 is 1.96 bits per heavy atom. The van der Waals surface area contributed by atoms with Crippen molar-refractivity contribution in [1.29, 1.82) is 0 Å². The molecule has 1 aromatic carbocycles. The van der Waals surface area contributed by atoms with E-state index in [2.05, 4.69) is 16.8 Å². The first kappa shape index (κ1) is 17.7. The maximum Gasteiger partial charge on any atom is 0.269 e. The molecule has 0 spiro atoms. The summed E-state index contributed by atoms with van der Waals surface area (Å²) in [7, 11) is -2.08. The maximum absolute atomic E-state index is 12.7. The van der Waals surface area contributed by atoms with Crippen molar-refractivity contribution in [3.8, 4) is 11.8 Å². The summed E-state index contributed by atoms with van der Waals surface area (Å²) in [6.45, 7) is 0.335. The van der Waals surface area contributed by atoms with Gasteiger partial charge in [0.05, 0.1) is 4.90 Å². The Bertz CT molecular complexity index is 1000. The lowest BCUT2D eigenvalue weighted by molar-refractivity contribution is 0.240. The first-order valence-corrected chi connectivity index (χ1v) is 8.32. The van der Waals surface area contributed by atoms with Gasteiger partial charge in [0.2, 0.25) is 0 Å². The zero-order valence-corrected chi connectivity index (χ0v) is 13.7. The van der Waals surface area contributed by atoms with Gasteiger partial charge >= 0.3 is 0 Å². The minimum absolute atomic E-state index is 0. The monoisotopic (exact) mass is 340 g/mol. The van der Waals surface area contributed by atoms with Crippen molar-refractivity contribution in [2.45, 2.75) is 4.90 Å². The van der Waals surface area contributed by atoms with Crippen LogP contribution in [0.4, 0.5) is 0 Å². The molecule has 7 heteroatoms. The summed E-state index contributed by atoms with van der Waals surface area (Å²) in [6, 6.07) is 11.8. The highest BCUT2D eigenvalue weighted by atomic mass is 32.2. The van der Waals surface area contributed by atoms with E-state index in [0.29, 0.717) is 23.2 Å². The number of pyridine rings is 1. The van der Waals surface area contributed by atoms with E-state index in [-0.39, 0.29) is 11.0 Å². The molecule has 2 heterocycles. The van der Waals surface area contributed by atoms with Crippen molar-refractivity contribution in [2.24, 2.45) is 0 Å². The second kappa shape index (κ2) is 7.27.